The number of para-hydroxylation sites is 1. The molecule has 1 fully saturated rings. The second kappa shape index (κ2) is 9.36. The van der Waals surface area contributed by atoms with E-state index in [-0.39, 0.29) is 18.6 Å². The number of hydrogen-bond acceptors (Lipinski definition) is 4. The Kier molecular flexibility index (Phi) is 6.63. The molecule has 1 aliphatic rings. The van der Waals surface area contributed by atoms with Crippen molar-refractivity contribution in [2.45, 2.75) is 12.5 Å². The number of benzene rings is 2. The van der Waals surface area contributed by atoms with Crippen LogP contribution in [-0.4, -0.2) is 50.8 Å². The summed E-state index contributed by atoms with van der Waals surface area (Å²) in [7, 11) is 1.66. The van der Waals surface area contributed by atoms with Crippen molar-refractivity contribution in [3.05, 3.63) is 65.7 Å². The van der Waals surface area contributed by atoms with E-state index in [0.29, 0.717) is 13.2 Å². The molecule has 0 aliphatic carbocycles. The number of nitrogens with zero attached hydrogens (tertiary/aromatic N) is 1. The minimum atomic E-state index is -0.0369. The summed E-state index contributed by atoms with van der Waals surface area (Å²) < 4.78 is 11.1. The summed E-state index contributed by atoms with van der Waals surface area (Å²) in [5.74, 6) is 0.833. The minimum Gasteiger partial charge on any atom is -0.496 e. The van der Waals surface area contributed by atoms with Gasteiger partial charge in [-0.15, -0.1) is 0 Å². The number of carbonyl (C=O) groups excluding carboxylic acids is 1. The van der Waals surface area contributed by atoms with Crippen LogP contribution in [0.5, 0.6) is 5.75 Å². The molecular formula is C21H26N2O3. The molecule has 0 saturated carbocycles. The summed E-state index contributed by atoms with van der Waals surface area (Å²) in [6.45, 7) is 2.83. The van der Waals surface area contributed by atoms with Gasteiger partial charge in [0.25, 0.3) is 0 Å². The largest absolute Gasteiger partial charge is 0.496 e. The first-order valence-corrected chi connectivity index (χ1v) is 9.04. The highest BCUT2D eigenvalue weighted by atomic mass is 16.5. The van der Waals surface area contributed by atoms with Crippen LogP contribution in [0, 0.1) is 0 Å². The summed E-state index contributed by atoms with van der Waals surface area (Å²) in [6.07, 6.45) is 0.811. The SMILES string of the molecule is COc1ccccc1C1CNCCN1C(=O)COCCc1ccccc1. The zero-order chi connectivity index (χ0) is 18.2. The van der Waals surface area contributed by atoms with Crippen molar-refractivity contribution in [2.75, 3.05) is 40.0 Å². The van der Waals surface area contributed by atoms with Crippen molar-refractivity contribution in [1.29, 1.82) is 0 Å². The maximum atomic E-state index is 12.7. The van der Waals surface area contributed by atoms with Gasteiger partial charge in [0.05, 0.1) is 19.8 Å². The second-order valence-electron chi connectivity index (χ2n) is 6.34. The van der Waals surface area contributed by atoms with Crippen LogP contribution in [0.2, 0.25) is 0 Å². The summed E-state index contributed by atoms with van der Waals surface area (Å²) in [6, 6.07) is 18.0. The van der Waals surface area contributed by atoms with Crippen LogP contribution < -0.4 is 10.1 Å². The molecule has 138 valence electrons. The molecule has 0 bridgehead atoms. The topological polar surface area (TPSA) is 50.8 Å². The zero-order valence-corrected chi connectivity index (χ0v) is 15.2. The molecule has 1 N–H and O–H groups in total. The van der Waals surface area contributed by atoms with Crippen molar-refractivity contribution in [3.63, 3.8) is 0 Å². The molecule has 5 nitrogen and oxygen atoms in total. The van der Waals surface area contributed by atoms with Crippen LogP contribution in [0.15, 0.2) is 54.6 Å². The smallest absolute Gasteiger partial charge is 0.249 e. The summed E-state index contributed by atoms with van der Waals surface area (Å²) >= 11 is 0. The summed E-state index contributed by atoms with van der Waals surface area (Å²) in [5.41, 5.74) is 2.24. The predicted molar refractivity (Wildman–Crippen MR) is 101 cm³/mol. The van der Waals surface area contributed by atoms with Crippen LogP contribution in [-0.2, 0) is 16.0 Å². The third-order valence-corrected chi connectivity index (χ3v) is 4.67. The van der Waals surface area contributed by atoms with Gasteiger partial charge in [-0.05, 0) is 18.1 Å². The van der Waals surface area contributed by atoms with Crippen LogP contribution >= 0.6 is 0 Å². The van der Waals surface area contributed by atoms with E-state index in [1.807, 2.05) is 47.4 Å². The normalized spacial score (nSPS) is 17.1. The lowest BCUT2D eigenvalue weighted by Crippen LogP contribution is -2.49. The maximum Gasteiger partial charge on any atom is 0.249 e. The van der Waals surface area contributed by atoms with Crippen molar-refractivity contribution in [2.24, 2.45) is 0 Å². The minimum absolute atomic E-state index is 0.0236. The summed E-state index contributed by atoms with van der Waals surface area (Å²) in [4.78, 5) is 14.6. The van der Waals surface area contributed by atoms with E-state index in [9.17, 15) is 4.79 Å². The molecule has 1 aliphatic heterocycles. The number of rotatable bonds is 7. The number of carbonyl (C=O) groups is 1. The molecule has 0 aromatic heterocycles. The first-order chi connectivity index (χ1) is 12.8. The Morgan fingerprint density at radius 1 is 1.15 bits per heavy atom. The molecule has 2 aromatic carbocycles. The van der Waals surface area contributed by atoms with E-state index in [1.165, 1.54) is 5.56 Å². The number of methoxy groups -OCH3 is 1. The Bertz CT molecular complexity index is 705. The average Bonchev–Trinajstić information content (AvgIpc) is 2.72. The second-order valence-corrected chi connectivity index (χ2v) is 6.34. The molecule has 1 saturated heterocycles. The Hall–Kier alpha value is -2.37. The number of ether oxygens (including phenoxy) is 2. The monoisotopic (exact) mass is 354 g/mol. The molecule has 2 aromatic rings. The third-order valence-electron chi connectivity index (χ3n) is 4.67. The molecular weight excluding hydrogens is 328 g/mol. The molecule has 1 heterocycles. The highest BCUT2D eigenvalue weighted by Crippen LogP contribution is 2.30. The molecule has 3 rings (SSSR count). The lowest BCUT2D eigenvalue weighted by Gasteiger charge is -2.37. The van der Waals surface area contributed by atoms with E-state index in [2.05, 4.69) is 17.4 Å². The average molecular weight is 354 g/mol. The molecule has 5 heteroatoms. The highest BCUT2D eigenvalue weighted by Gasteiger charge is 2.29. The number of amides is 1. The van der Waals surface area contributed by atoms with Gasteiger partial charge in [-0.25, -0.2) is 0 Å². The summed E-state index contributed by atoms with van der Waals surface area (Å²) in [5, 5.41) is 3.37. The van der Waals surface area contributed by atoms with Gasteiger partial charge in [-0.2, -0.15) is 0 Å². The lowest BCUT2D eigenvalue weighted by molar-refractivity contribution is -0.139. The quantitative estimate of drug-likeness (QED) is 0.776. The standard InChI is InChI=1S/C21H26N2O3/c1-25-20-10-6-5-9-18(20)19-15-22-12-13-23(19)21(24)16-26-14-11-17-7-3-2-4-8-17/h2-10,19,22H,11-16H2,1H3. The molecule has 0 spiro atoms. The van der Waals surface area contributed by atoms with Gasteiger partial charge < -0.3 is 19.7 Å². The maximum absolute atomic E-state index is 12.7. The number of hydrogen-bond donors (Lipinski definition) is 1. The number of nitrogens with one attached hydrogen (secondary N) is 1. The van der Waals surface area contributed by atoms with Crippen molar-refractivity contribution in [1.82, 2.24) is 10.2 Å². The highest BCUT2D eigenvalue weighted by molar-refractivity contribution is 5.78. The van der Waals surface area contributed by atoms with Gasteiger partial charge in [0.15, 0.2) is 0 Å². The van der Waals surface area contributed by atoms with Crippen molar-refractivity contribution >= 4 is 5.91 Å². The number of piperazine rings is 1. The molecule has 1 unspecified atom stereocenters. The van der Waals surface area contributed by atoms with Gasteiger partial charge >= 0.3 is 0 Å². The fourth-order valence-electron chi connectivity index (χ4n) is 3.30. The Morgan fingerprint density at radius 2 is 1.92 bits per heavy atom. The molecule has 1 amide bonds. The van der Waals surface area contributed by atoms with Crippen molar-refractivity contribution < 1.29 is 14.3 Å². The van der Waals surface area contributed by atoms with Gasteiger partial charge in [0.2, 0.25) is 5.91 Å². The molecule has 26 heavy (non-hydrogen) atoms. The van der Waals surface area contributed by atoms with Gasteiger partial charge in [0.1, 0.15) is 12.4 Å². The Labute approximate surface area is 154 Å². The van der Waals surface area contributed by atoms with E-state index in [0.717, 1.165) is 30.8 Å². The van der Waals surface area contributed by atoms with Gasteiger partial charge in [-0.3, -0.25) is 4.79 Å². The first kappa shape index (κ1) is 18.4. The fourth-order valence-corrected chi connectivity index (χ4v) is 3.30. The van der Waals surface area contributed by atoms with Crippen LogP contribution in [0.25, 0.3) is 0 Å². The van der Waals surface area contributed by atoms with E-state index in [4.69, 9.17) is 9.47 Å². The molecule has 1 atom stereocenters. The third kappa shape index (κ3) is 4.62. The predicted octanol–water partition coefficient (Wildman–Crippen LogP) is 2.43. The van der Waals surface area contributed by atoms with Crippen LogP contribution in [0.1, 0.15) is 17.2 Å². The first-order valence-electron chi connectivity index (χ1n) is 9.04. The Morgan fingerprint density at radius 3 is 2.73 bits per heavy atom. The van der Waals surface area contributed by atoms with Crippen LogP contribution in [0.3, 0.4) is 0 Å². The zero-order valence-electron chi connectivity index (χ0n) is 15.2. The van der Waals surface area contributed by atoms with E-state index >= 15 is 0 Å². The Balaban J connectivity index is 1.57. The van der Waals surface area contributed by atoms with Gasteiger partial charge in [0, 0.05) is 25.2 Å². The van der Waals surface area contributed by atoms with E-state index in [1.54, 1.807) is 7.11 Å². The lowest BCUT2D eigenvalue weighted by atomic mass is 10.0. The van der Waals surface area contributed by atoms with Crippen LogP contribution in [0.4, 0.5) is 0 Å². The van der Waals surface area contributed by atoms with Gasteiger partial charge in [-0.1, -0.05) is 48.5 Å². The van der Waals surface area contributed by atoms with Crippen molar-refractivity contribution in [3.8, 4) is 5.75 Å². The molecule has 0 radical (unpaired) electrons. The van der Waals surface area contributed by atoms with E-state index < -0.39 is 0 Å². The fraction of sp³-hybridized carbons (Fsp3) is 0.381.